The fourth-order valence-electron chi connectivity index (χ4n) is 4.30. The van der Waals surface area contributed by atoms with Crippen molar-refractivity contribution in [1.29, 1.82) is 0 Å². The van der Waals surface area contributed by atoms with E-state index in [1.54, 1.807) is 32.9 Å². The molecule has 0 unspecified atom stereocenters. The summed E-state index contributed by atoms with van der Waals surface area (Å²) in [6, 6.07) is 8.56. The summed E-state index contributed by atoms with van der Waals surface area (Å²) in [5.41, 5.74) is -0.133. The van der Waals surface area contributed by atoms with Crippen LogP contribution in [0, 0.1) is 17.3 Å². The van der Waals surface area contributed by atoms with Crippen molar-refractivity contribution in [3.05, 3.63) is 48.0 Å². The van der Waals surface area contributed by atoms with E-state index in [2.05, 4.69) is 10.6 Å². The van der Waals surface area contributed by atoms with Gasteiger partial charge >= 0.3 is 11.9 Å². The Morgan fingerprint density at radius 3 is 2.23 bits per heavy atom. The zero-order valence-electron chi connectivity index (χ0n) is 24.7. The van der Waals surface area contributed by atoms with E-state index in [0.717, 1.165) is 5.56 Å². The van der Waals surface area contributed by atoms with Gasteiger partial charge in [0.25, 0.3) is 0 Å². The molecule has 0 spiro atoms. The van der Waals surface area contributed by atoms with Gasteiger partial charge in [-0.1, -0.05) is 63.3 Å². The number of hydrogen-bond acceptors (Lipinski definition) is 7. The molecule has 4 atom stereocenters. The molecule has 0 aromatic heterocycles. The van der Waals surface area contributed by atoms with Crippen molar-refractivity contribution >= 4 is 23.8 Å². The number of ether oxygens (including phenoxy) is 2. The highest BCUT2D eigenvalue weighted by atomic mass is 16.6. The molecule has 2 amide bonds. The van der Waals surface area contributed by atoms with Gasteiger partial charge in [0.2, 0.25) is 11.8 Å². The van der Waals surface area contributed by atoms with Crippen molar-refractivity contribution in [1.82, 2.24) is 10.6 Å². The number of carbonyl (C=O) groups is 4. The number of rotatable bonds is 8. The Kier molecular flexibility index (Phi) is 12.4. The molecule has 1 aliphatic rings. The van der Waals surface area contributed by atoms with Crippen LogP contribution in [0.25, 0.3) is 0 Å². The summed E-state index contributed by atoms with van der Waals surface area (Å²) in [6.07, 6.45) is 4.28. The molecular formula is C31H46N2O7. The fraction of sp³-hybridized carbons (Fsp3) is 0.613. The topological polar surface area (TPSA) is 131 Å². The van der Waals surface area contributed by atoms with Gasteiger partial charge in [0.05, 0.1) is 36.9 Å². The number of benzene rings is 1. The molecule has 0 aliphatic carbocycles. The van der Waals surface area contributed by atoms with Crippen molar-refractivity contribution in [2.24, 2.45) is 17.3 Å². The number of esters is 2. The van der Waals surface area contributed by atoms with Gasteiger partial charge in [-0.3, -0.25) is 19.2 Å². The summed E-state index contributed by atoms with van der Waals surface area (Å²) in [5.74, 6) is -3.06. The third-order valence-corrected chi connectivity index (χ3v) is 6.64. The smallest absolute Gasteiger partial charge is 0.309 e. The minimum Gasteiger partial charge on any atom is -0.463 e. The monoisotopic (exact) mass is 558 g/mol. The first-order valence-corrected chi connectivity index (χ1v) is 14.0. The molecule has 40 heavy (non-hydrogen) atoms. The summed E-state index contributed by atoms with van der Waals surface area (Å²) in [5, 5.41) is 15.6. The number of amides is 2. The molecule has 9 nitrogen and oxygen atoms in total. The first kappa shape index (κ1) is 33.0. The molecule has 0 saturated carbocycles. The Labute approximate surface area is 238 Å². The molecule has 3 N–H and O–H groups in total. The van der Waals surface area contributed by atoms with Crippen LogP contribution in [0.1, 0.15) is 72.8 Å². The van der Waals surface area contributed by atoms with Crippen molar-refractivity contribution in [2.75, 3.05) is 13.2 Å². The lowest BCUT2D eigenvalue weighted by Gasteiger charge is -2.33. The van der Waals surface area contributed by atoms with Gasteiger partial charge in [-0.25, -0.2) is 0 Å². The second-order valence-corrected chi connectivity index (χ2v) is 12.5. The summed E-state index contributed by atoms with van der Waals surface area (Å²) in [4.78, 5) is 51.6. The zero-order chi connectivity index (χ0) is 29.9. The average Bonchev–Trinajstić information content (AvgIpc) is 2.84. The summed E-state index contributed by atoms with van der Waals surface area (Å²) >= 11 is 0. The first-order valence-electron chi connectivity index (χ1n) is 14.0. The van der Waals surface area contributed by atoms with Crippen LogP contribution in [0.5, 0.6) is 0 Å². The molecule has 2 rings (SSSR count). The molecule has 1 aromatic rings. The lowest BCUT2D eigenvalue weighted by atomic mass is 9.86. The Bertz CT molecular complexity index is 1020. The highest BCUT2D eigenvalue weighted by Gasteiger charge is 2.33. The zero-order valence-corrected chi connectivity index (χ0v) is 24.7. The standard InChI is InChI=1S/C31H46N2O7/c1-30(2,3)25-20-39-29(38)23(18-27(36)40-31(4,5)6)15-11-10-14-22(28(37)33-25)17-26(35)32-24(19-34)16-21-12-8-7-9-13-21/h7-13,22-25,34H,14-20H2,1-6H3,(H,32,35)(H,33,37)/b11-10-/t22-,23+,24+,25+/m1/s1. The predicted octanol–water partition coefficient (Wildman–Crippen LogP) is 3.48. The highest BCUT2D eigenvalue weighted by Crippen LogP contribution is 2.24. The van der Waals surface area contributed by atoms with Gasteiger partial charge in [-0.2, -0.15) is 0 Å². The van der Waals surface area contributed by atoms with Gasteiger partial charge < -0.3 is 25.2 Å². The van der Waals surface area contributed by atoms with Crippen LogP contribution in [0.3, 0.4) is 0 Å². The molecule has 222 valence electrons. The fourth-order valence-corrected chi connectivity index (χ4v) is 4.30. The van der Waals surface area contributed by atoms with Crippen molar-refractivity contribution in [3.8, 4) is 0 Å². The largest absolute Gasteiger partial charge is 0.463 e. The number of carbonyl (C=O) groups excluding carboxylic acids is 4. The number of cyclic esters (lactones) is 1. The summed E-state index contributed by atoms with van der Waals surface area (Å²) in [7, 11) is 0. The Balaban J connectivity index is 2.17. The quantitative estimate of drug-likeness (QED) is 0.329. The lowest BCUT2D eigenvalue weighted by molar-refractivity contribution is -0.162. The Morgan fingerprint density at radius 2 is 1.65 bits per heavy atom. The second kappa shape index (κ2) is 15.0. The van der Waals surface area contributed by atoms with E-state index in [1.165, 1.54) is 0 Å². The number of hydrogen-bond donors (Lipinski definition) is 3. The number of aliphatic hydroxyl groups excluding tert-OH is 1. The van der Waals surface area contributed by atoms with Crippen LogP contribution in [0.15, 0.2) is 42.5 Å². The average molecular weight is 559 g/mol. The minimum absolute atomic E-state index is 0.0643. The lowest BCUT2D eigenvalue weighted by Crippen LogP contribution is -2.50. The van der Waals surface area contributed by atoms with Crippen LogP contribution in [0.2, 0.25) is 0 Å². The molecular weight excluding hydrogens is 512 g/mol. The van der Waals surface area contributed by atoms with E-state index in [4.69, 9.17) is 9.47 Å². The molecule has 0 bridgehead atoms. The molecule has 1 aromatic carbocycles. The van der Waals surface area contributed by atoms with Crippen molar-refractivity contribution in [2.45, 2.75) is 91.3 Å². The van der Waals surface area contributed by atoms with E-state index in [0.29, 0.717) is 6.42 Å². The van der Waals surface area contributed by atoms with Crippen LogP contribution in [-0.2, 0) is 35.1 Å². The molecule has 0 fully saturated rings. The van der Waals surface area contributed by atoms with Crippen LogP contribution in [0.4, 0.5) is 0 Å². The first-order chi connectivity index (χ1) is 18.7. The summed E-state index contributed by atoms with van der Waals surface area (Å²) < 4.78 is 11.0. The maximum absolute atomic E-state index is 13.3. The molecule has 0 radical (unpaired) electrons. The van der Waals surface area contributed by atoms with Gasteiger partial charge in [0.1, 0.15) is 12.2 Å². The Morgan fingerprint density at radius 1 is 1.02 bits per heavy atom. The minimum atomic E-state index is -0.730. The van der Waals surface area contributed by atoms with Crippen molar-refractivity contribution < 1.29 is 33.8 Å². The van der Waals surface area contributed by atoms with Crippen LogP contribution >= 0.6 is 0 Å². The molecule has 1 heterocycles. The molecule has 1 aliphatic heterocycles. The maximum Gasteiger partial charge on any atom is 0.309 e. The van der Waals surface area contributed by atoms with E-state index in [-0.39, 0.29) is 50.7 Å². The second-order valence-electron chi connectivity index (χ2n) is 12.5. The summed E-state index contributed by atoms with van der Waals surface area (Å²) in [6.45, 7) is 10.8. The number of nitrogens with one attached hydrogen (secondary N) is 2. The number of aliphatic hydroxyl groups is 1. The Hall–Kier alpha value is -3.20. The van der Waals surface area contributed by atoms with Gasteiger partial charge in [0.15, 0.2) is 0 Å². The van der Waals surface area contributed by atoms with Gasteiger partial charge in [0, 0.05) is 6.42 Å². The molecule has 9 heteroatoms. The van der Waals surface area contributed by atoms with E-state index >= 15 is 0 Å². The predicted molar refractivity (Wildman–Crippen MR) is 152 cm³/mol. The maximum atomic E-state index is 13.3. The van der Waals surface area contributed by atoms with E-state index < -0.39 is 46.9 Å². The highest BCUT2D eigenvalue weighted by molar-refractivity contribution is 5.86. The van der Waals surface area contributed by atoms with Gasteiger partial charge in [-0.05, 0) is 51.0 Å². The van der Waals surface area contributed by atoms with Crippen LogP contribution in [-0.4, -0.2) is 59.8 Å². The van der Waals surface area contributed by atoms with Crippen LogP contribution < -0.4 is 10.6 Å². The third kappa shape index (κ3) is 11.9. The van der Waals surface area contributed by atoms with Crippen molar-refractivity contribution in [3.63, 3.8) is 0 Å². The van der Waals surface area contributed by atoms with E-state index in [1.807, 2.05) is 51.1 Å². The molecule has 0 saturated heterocycles. The third-order valence-electron chi connectivity index (χ3n) is 6.64. The van der Waals surface area contributed by atoms with Gasteiger partial charge in [-0.15, -0.1) is 0 Å². The SMILES string of the molecule is CC(C)(C)OC(=O)C[C@@H]1C/C=C\C[C@H](CC(=O)N[C@H](CO)Cc2ccccc2)C(=O)N[C@H](C(C)(C)C)COC1=O. The number of allylic oxidation sites excluding steroid dienone is 2. The normalized spacial score (nSPS) is 22.5. The van der Waals surface area contributed by atoms with E-state index in [9.17, 15) is 24.3 Å².